The van der Waals surface area contributed by atoms with Crippen molar-refractivity contribution in [3.63, 3.8) is 0 Å². The molecule has 1 aromatic rings. The minimum absolute atomic E-state index is 0.119. The first kappa shape index (κ1) is 21.5. The maximum absolute atomic E-state index is 10.1. The van der Waals surface area contributed by atoms with E-state index < -0.39 is 55.3 Å². The van der Waals surface area contributed by atoms with Gasteiger partial charge in [0, 0.05) is 0 Å². The van der Waals surface area contributed by atoms with Gasteiger partial charge in [-0.15, -0.1) is 0 Å². The van der Waals surface area contributed by atoms with Crippen LogP contribution < -0.4 is 0 Å². The third kappa shape index (κ3) is 4.86. The van der Waals surface area contributed by atoms with Crippen molar-refractivity contribution in [3.05, 3.63) is 35.9 Å². The molecule has 2 aliphatic rings. The summed E-state index contributed by atoms with van der Waals surface area (Å²) < 4.78 is 21.5. The Morgan fingerprint density at radius 2 is 1.46 bits per heavy atom. The van der Waals surface area contributed by atoms with Crippen LogP contribution in [0.25, 0.3) is 0 Å². The van der Waals surface area contributed by atoms with Gasteiger partial charge in [-0.05, 0) is 5.56 Å². The molecule has 2 fully saturated rings. The van der Waals surface area contributed by atoms with Gasteiger partial charge in [0.15, 0.2) is 12.6 Å². The van der Waals surface area contributed by atoms with Gasteiger partial charge in [0.2, 0.25) is 0 Å². The SMILES string of the molecule is O[C@@H]1[C@@H](O)[C@H](OCc2ccccc2)O[C@H](CO[C@H]2OC[C@@H](O)[C@@H](O)[C@@H]2O)[C@H]1O. The summed E-state index contributed by atoms with van der Waals surface area (Å²) in [6, 6.07) is 9.14. The third-order valence-electron chi connectivity index (χ3n) is 4.80. The second-order valence-corrected chi connectivity index (χ2v) is 6.89. The van der Waals surface area contributed by atoms with Gasteiger partial charge in [0.1, 0.15) is 42.7 Å². The Morgan fingerprint density at radius 3 is 2.18 bits per heavy atom. The Morgan fingerprint density at radius 1 is 0.786 bits per heavy atom. The largest absolute Gasteiger partial charge is 0.388 e. The van der Waals surface area contributed by atoms with Crippen LogP contribution in [0.1, 0.15) is 5.56 Å². The average molecular weight is 402 g/mol. The van der Waals surface area contributed by atoms with Crippen molar-refractivity contribution in [1.29, 1.82) is 0 Å². The molecule has 0 saturated carbocycles. The monoisotopic (exact) mass is 402 g/mol. The molecule has 9 atom stereocenters. The van der Waals surface area contributed by atoms with Crippen LogP contribution in [0.5, 0.6) is 0 Å². The van der Waals surface area contributed by atoms with Gasteiger partial charge in [-0.25, -0.2) is 0 Å². The number of hydrogen-bond donors (Lipinski definition) is 6. The van der Waals surface area contributed by atoms with Crippen molar-refractivity contribution < 1.29 is 49.6 Å². The summed E-state index contributed by atoms with van der Waals surface area (Å²) in [5, 5.41) is 59.3. The van der Waals surface area contributed by atoms with E-state index in [4.69, 9.17) is 18.9 Å². The summed E-state index contributed by atoms with van der Waals surface area (Å²) >= 11 is 0. The van der Waals surface area contributed by atoms with Gasteiger partial charge < -0.3 is 49.6 Å². The van der Waals surface area contributed by atoms with Crippen molar-refractivity contribution in [1.82, 2.24) is 0 Å². The molecule has 1 aromatic carbocycles. The van der Waals surface area contributed by atoms with Crippen LogP contribution in [0.3, 0.4) is 0 Å². The first-order valence-electron chi connectivity index (χ1n) is 9.01. The summed E-state index contributed by atoms with van der Waals surface area (Å²) in [4.78, 5) is 0. The van der Waals surface area contributed by atoms with Crippen molar-refractivity contribution in [3.8, 4) is 0 Å². The molecule has 0 spiro atoms. The molecule has 0 radical (unpaired) electrons. The molecule has 3 rings (SSSR count). The van der Waals surface area contributed by atoms with Crippen LogP contribution >= 0.6 is 0 Å². The van der Waals surface area contributed by atoms with E-state index in [0.717, 1.165) is 5.56 Å². The van der Waals surface area contributed by atoms with Crippen LogP contribution in [0.15, 0.2) is 30.3 Å². The Kier molecular flexibility index (Phi) is 7.34. The second kappa shape index (κ2) is 9.55. The molecule has 2 saturated heterocycles. The molecule has 2 heterocycles. The summed E-state index contributed by atoms with van der Waals surface area (Å²) in [6.07, 6.45) is -12.2. The molecule has 0 bridgehead atoms. The quantitative estimate of drug-likeness (QED) is 0.300. The molecule has 0 aromatic heterocycles. The normalized spacial score (nSPS) is 41.7. The molecule has 28 heavy (non-hydrogen) atoms. The Hall–Kier alpha value is -1.18. The molecular formula is C18H26O10. The predicted octanol–water partition coefficient (Wildman–Crippen LogP) is -2.53. The smallest absolute Gasteiger partial charge is 0.187 e. The molecule has 0 aliphatic carbocycles. The highest BCUT2D eigenvalue weighted by atomic mass is 16.7. The average Bonchev–Trinajstić information content (AvgIpc) is 2.71. The van der Waals surface area contributed by atoms with Crippen molar-refractivity contribution in [2.45, 2.75) is 61.9 Å². The van der Waals surface area contributed by atoms with E-state index in [1.54, 1.807) is 0 Å². The van der Waals surface area contributed by atoms with E-state index in [1.165, 1.54) is 0 Å². The van der Waals surface area contributed by atoms with E-state index in [-0.39, 0.29) is 19.8 Å². The van der Waals surface area contributed by atoms with Crippen LogP contribution in [0.2, 0.25) is 0 Å². The summed E-state index contributed by atoms with van der Waals surface area (Å²) in [5.74, 6) is 0. The lowest BCUT2D eigenvalue weighted by molar-refractivity contribution is -0.322. The van der Waals surface area contributed by atoms with Gasteiger partial charge in [0.05, 0.1) is 19.8 Å². The molecule has 0 amide bonds. The number of aliphatic hydroxyl groups is 6. The van der Waals surface area contributed by atoms with Crippen molar-refractivity contribution in [2.75, 3.05) is 13.2 Å². The summed E-state index contributed by atoms with van der Waals surface area (Å²) in [7, 11) is 0. The fraction of sp³-hybridized carbons (Fsp3) is 0.667. The van der Waals surface area contributed by atoms with E-state index in [0.29, 0.717) is 0 Å². The molecule has 2 aliphatic heterocycles. The Labute approximate surface area is 161 Å². The molecule has 0 unspecified atom stereocenters. The predicted molar refractivity (Wildman–Crippen MR) is 91.6 cm³/mol. The third-order valence-corrected chi connectivity index (χ3v) is 4.80. The lowest BCUT2D eigenvalue weighted by atomic mass is 9.99. The number of benzene rings is 1. The minimum atomic E-state index is -1.53. The molecule has 6 N–H and O–H groups in total. The molecular weight excluding hydrogens is 376 g/mol. The number of aliphatic hydroxyl groups excluding tert-OH is 6. The summed E-state index contributed by atoms with van der Waals surface area (Å²) in [5.41, 5.74) is 0.831. The highest BCUT2D eigenvalue weighted by Gasteiger charge is 2.45. The lowest BCUT2D eigenvalue weighted by Gasteiger charge is -2.41. The lowest BCUT2D eigenvalue weighted by Crippen LogP contribution is -2.60. The second-order valence-electron chi connectivity index (χ2n) is 6.89. The first-order valence-corrected chi connectivity index (χ1v) is 9.01. The van der Waals surface area contributed by atoms with Crippen molar-refractivity contribution in [2.24, 2.45) is 0 Å². The van der Waals surface area contributed by atoms with Gasteiger partial charge in [-0.3, -0.25) is 0 Å². The zero-order valence-corrected chi connectivity index (χ0v) is 15.0. The maximum Gasteiger partial charge on any atom is 0.187 e. The first-order chi connectivity index (χ1) is 13.4. The van der Waals surface area contributed by atoms with Crippen LogP contribution in [-0.2, 0) is 25.6 Å². The van der Waals surface area contributed by atoms with Gasteiger partial charge in [0.25, 0.3) is 0 Å². The van der Waals surface area contributed by atoms with Gasteiger partial charge in [-0.1, -0.05) is 30.3 Å². The standard InChI is InChI=1S/C18H26O10/c19-10-7-26-17(15(23)12(10)20)27-8-11-13(21)14(22)16(24)18(28-11)25-6-9-4-2-1-3-5-9/h1-5,10-24H,6-8H2/t10-,11-,12-,13-,14+,15+,16-,17-,18-/m1/s1. The number of rotatable bonds is 6. The maximum atomic E-state index is 10.1. The van der Waals surface area contributed by atoms with Crippen molar-refractivity contribution >= 4 is 0 Å². The van der Waals surface area contributed by atoms with Gasteiger partial charge in [-0.2, -0.15) is 0 Å². The van der Waals surface area contributed by atoms with E-state index >= 15 is 0 Å². The highest BCUT2D eigenvalue weighted by Crippen LogP contribution is 2.25. The highest BCUT2D eigenvalue weighted by molar-refractivity contribution is 5.13. The van der Waals surface area contributed by atoms with E-state index in [1.807, 2.05) is 30.3 Å². The Balaban J connectivity index is 1.56. The zero-order chi connectivity index (χ0) is 20.3. The molecule has 10 nitrogen and oxygen atoms in total. The van der Waals surface area contributed by atoms with Crippen LogP contribution in [0, 0.1) is 0 Å². The van der Waals surface area contributed by atoms with Crippen LogP contribution in [0.4, 0.5) is 0 Å². The topological polar surface area (TPSA) is 158 Å². The van der Waals surface area contributed by atoms with E-state index in [9.17, 15) is 30.6 Å². The number of ether oxygens (including phenoxy) is 4. The van der Waals surface area contributed by atoms with E-state index in [2.05, 4.69) is 0 Å². The fourth-order valence-electron chi connectivity index (χ4n) is 3.06. The molecule has 10 heteroatoms. The van der Waals surface area contributed by atoms with Crippen LogP contribution in [-0.4, -0.2) is 99.2 Å². The molecule has 158 valence electrons. The zero-order valence-electron chi connectivity index (χ0n) is 15.0. The van der Waals surface area contributed by atoms with Gasteiger partial charge >= 0.3 is 0 Å². The minimum Gasteiger partial charge on any atom is -0.388 e. The Bertz CT molecular complexity index is 601. The fourth-order valence-corrected chi connectivity index (χ4v) is 3.06. The summed E-state index contributed by atoms with van der Waals surface area (Å²) in [6.45, 7) is -0.435. The number of hydrogen-bond acceptors (Lipinski definition) is 10.